The zero-order chi connectivity index (χ0) is 17.5. The lowest BCUT2D eigenvalue weighted by Gasteiger charge is -2.06. The maximum absolute atomic E-state index is 13.0. The standard InChI is InChI=1S/C17H14ClNO4S/c1-2-13-16(11-5-3-4-6-14(11)23-13)17(20)10-7-8-12(18)15(9-10)24(19,21)22/h3-9H,2H2,1H3,(H2,19,21,22). The Morgan fingerprint density at radius 3 is 2.58 bits per heavy atom. The fourth-order valence-corrected chi connectivity index (χ4v) is 3.67. The molecule has 5 nitrogen and oxygen atoms in total. The Morgan fingerprint density at radius 1 is 1.21 bits per heavy atom. The highest BCUT2D eigenvalue weighted by Gasteiger charge is 2.23. The Hall–Kier alpha value is -2.15. The number of sulfonamides is 1. The Bertz CT molecular complexity index is 1050. The van der Waals surface area contributed by atoms with Crippen molar-refractivity contribution >= 4 is 38.4 Å². The monoisotopic (exact) mass is 363 g/mol. The molecule has 0 spiro atoms. The van der Waals surface area contributed by atoms with Crippen molar-refractivity contribution in [3.63, 3.8) is 0 Å². The second-order valence-electron chi connectivity index (χ2n) is 5.27. The molecular weight excluding hydrogens is 350 g/mol. The fourth-order valence-electron chi connectivity index (χ4n) is 2.60. The van der Waals surface area contributed by atoms with E-state index in [1.54, 1.807) is 12.1 Å². The first kappa shape index (κ1) is 16.7. The summed E-state index contributed by atoms with van der Waals surface area (Å²) < 4.78 is 29.0. The number of carbonyl (C=O) groups is 1. The number of fused-ring (bicyclic) bond motifs is 1. The maximum Gasteiger partial charge on any atom is 0.239 e. The molecular formula is C17H14ClNO4S. The van der Waals surface area contributed by atoms with Crippen LogP contribution in [-0.2, 0) is 16.4 Å². The number of aryl methyl sites for hydroxylation is 1. The molecule has 2 N–H and O–H groups in total. The number of hydrogen-bond donors (Lipinski definition) is 1. The van der Waals surface area contributed by atoms with Gasteiger partial charge in [0.15, 0.2) is 5.78 Å². The molecule has 2 aromatic carbocycles. The number of nitrogens with two attached hydrogens (primary N) is 1. The molecule has 0 amide bonds. The predicted octanol–water partition coefficient (Wildman–Crippen LogP) is 3.53. The van der Waals surface area contributed by atoms with E-state index in [1.165, 1.54) is 18.2 Å². The third-order valence-electron chi connectivity index (χ3n) is 3.72. The van der Waals surface area contributed by atoms with Gasteiger partial charge >= 0.3 is 0 Å². The van der Waals surface area contributed by atoms with Crippen LogP contribution in [0.15, 0.2) is 51.8 Å². The van der Waals surface area contributed by atoms with E-state index in [9.17, 15) is 13.2 Å². The number of rotatable bonds is 4. The zero-order valence-corrected chi connectivity index (χ0v) is 14.3. The van der Waals surface area contributed by atoms with E-state index in [4.69, 9.17) is 21.2 Å². The summed E-state index contributed by atoms with van der Waals surface area (Å²) in [6.45, 7) is 1.88. The molecule has 0 aliphatic rings. The first-order valence-electron chi connectivity index (χ1n) is 7.20. The first-order valence-corrected chi connectivity index (χ1v) is 9.12. The molecule has 0 bridgehead atoms. The normalized spacial score (nSPS) is 11.8. The van der Waals surface area contributed by atoms with E-state index in [0.717, 1.165) is 0 Å². The number of furan rings is 1. The Kier molecular flexibility index (Phi) is 4.21. The third-order valence-corrected chi connectivity index (χ3v) is 5.11. The van der Waals surface area contributed by atoms with Crippen LogP contribution in [0.4, 0.5) is 0 Å². The van der Waals surface area contributed by atoms with E-state index in [2.05, 4.69) is 0 Å². The molecule has 0 atom stereocenters. The number of halogens is 1. The molecule has 0 aliphatic heterocycles. The van der Waals surface area contributed by atoms with Gasteiger partial charge in [0.05, 0.1) is 10.6 Å². The summed E-state index contributed by atoms with van der Waals surface area (Å²) in [7, 11) is -4.02. The lowest BCUT2D eigenvalue weighted by atomic mass is 9.99. The average Bonchev–Trinajstić information content (AvgIpc) is 2.92. The predicted molar refractivity (Wildman–Crippen MR) is 91.8 cm³/mol. The minimum Gasteiger partial charge on any atom is -0.460 e. The molecule has 3 aromatic rings. The maximum atomic E-state index is 13.0. The van der Waals surface area contributed by atoms with Crippen molar-refractivity contribution in [2.24, 2.45) is 5.14 Å². The molecule has 0 fully saturated rings. The van der Waals surface area contributed by atoms with Gasteiger partial charge < -0.3 is 4.42 Å². The highest BCUT2D eigenvalue weighted by molar-refractivity contribution is 7.89. The van der Waals surface area contributed by atoms with Crippen molar-refractivity contribution in [3.8, 4) is 0 Å². The van der Waals surface area contributed by atoms with Crippen LogP contribution in [0.3, 0.4) is 0 Å². The number of para-hydroxylation sites is 1. The van der Waals surface area contributed by atoms with Crippen LogP contribution in [0.1, 0.15) is 28.6 Å². The van der Waals surface area contributed by atoms with E-state index in [-0.39, 0.29) is 21.3 Å². The molecule has 124 valence electrons. The molecule has 0 saturated heterocycles. The van der Waals surface area contributed by atoms with Crippen molar-refractivity contribution in [2.45, 2.75) is 18.2 Å². The van der Waals surface area contributed by atoms with Crippen LogP contribution < -0.4 is 5.14 Å². The Balaban J connectivity index is 2.21. The van der Waals surface area contributed by atoms with Gasteiger partial charge in [0, 0.05) is 17.4 Å². The smallest absolute Gasteiger partial charge is 0.239 e. The van der Waals surface area contributed by atoms with Gasteiger partial charge in [-0.1, -0.05) is 36.7 Å². The quantitative estimate of drug-likeness (QED) is 0.718. The molecule has 7 heteroatoms. The van der Waals surface area contributed by atoms with Crippen LogP contribution >= 0.6 is 11.6 Å². The molecule has 0 radical (unpaired) electrons. The topological polar surface area (TPSA) is 90.4 Å². The van der Waals surface area contributed by atoms with Crippen LogP contribution in [0.5, 0.6) is 0 Å². The SMILES string of the molecule is CCc1oc2ccccc2c1C(=O)c1ccc(Cl)c(S(N)(=O)=O)c1. The largest absolute Gasteiger partial charge is 0.460 e. The Labute approximate surface area is 144 Å². The van der Waals surface area contributed by atoms with Crippen molar-refractivity contribution in [2.75, 3.05) is 0 Å². The fraction of sp³-hybridized carbons (Fsp3) is 0.118. The van der Waals surface area contributed by atoms with E-state index < -0.39 is 10.0 Å². The van der Waals surface area contributed by atoms with Crippen molar-refractivity contribution in [1.82, 2.24) is 0 Å². The lowest BCUT2D eigenvalue weighted by Crippen LogP contribution is -2.14. The zero-order valence-electron chi connectivity index (χ0n) is 12.7. The second-order valence-corrected chi connectivity index (χ2v) is 7.21. The second kappa shape index (κ2) is 6.05. The van der Waals surface area contributed by atoms with Gasteiger partial charge in [0.2, 0.25) is 10.0 Å². The van der Waals surface area contributed by atoms with Crippen LogP contribution in [0.2, 0.25) is 5.02 Å². The average molecular weight is 364 g/mol. The molecule has 1 aromatic heterocycles. The summed E-state index contributed by atoms with van der Waals surface area (Å²) in [6, 6.07) is 11.2. The molecule has 0 saturated carbocycles. The first-order chi connectivity index (χ1) is 11.3. The van der Waals surface area contributed by atoms with Gasteiger partial charge in [0.1, 0.15) is 16.2 Å². The van der Waals surface area contributed by atoms with Gasteiger partial charge in [-0.25, -0.2) is 13.6 Å². The summed E-state index contributed by atoms with van der Waals surface area (Å²) in [6.07, 6.45) is 0.533. The van der Waals surface area contributed by atoms with Crippen molar-refractivity contribution < 1.29 is 17.6 Å². The third kappa shape index (κ3) is 2.84. The van der Waals surface area contributed by atoms with E-state index in [0.29, 0.717) is 28.7 Å². The van der Waals surface area contributed by atoms with Crippen LogP contribution in [-0.4, -0.2) is 14.2 Å². The van der Waals surface area contributed by atoms with Crippen molar-refractivity contribution in [1.29, 1.82) is 0 Å². The number of primary sulfonamides is 1. The lowest BCUT2D eigenvalue weighted by molar-refractivity contribution is 0.103. The molecule has 24 heavy (non-hydrogen) atoms. The molecule has 3 rings (SSSR count). The highest BCUT2D eigenvalue weighted by Crippen LogP contribution is 2.30. The number of carbonyl (C=O) groups excluding carboxylic acids is 1. The molecule has 0 unspecified atom stereocenters. The van der Waals surface area contributed by atoms with Gasteiger partial charge in [-0.15, -0.1) is 0 Å². The minimum atomic E-state index is -4.02. The molecule has 1 heterocycles. The van der Waals surface area contributed by atoms with E-state index in [1.807, 2.05) is 19.1 Å². The van der Waals surface area contributed by atoms with Gasteiger partial charge in [0.25, 0.3) is 0 Å². The van der Waals surface area contributed by atoms with Gasteiger partial charge in [-0.05, 0) is 24.3 Å². The number of hydrogen-bond acceptors (Lipinski definition) is 4. The van der Waals surface area contributed by atoms with Crippen LogP contribution in [0.25, 0.3) is 11.0 Å². The molecule has 0 aliphatic carbocycles. The minimum absolute atomic E-state index is 0.0261. The summed E-state index contributed by atoms with van der Waals surface area (Å²) in [5.41, 5.74) is 1.22. The van der Waals surface area contributed by atoms with Crippen molar-refractivity contribution in [3.05, 3.63) is 64.4 Å². The summed E-state index contributed by atoms with van der Waals surface area (Å²) in [5, 5.41) is 5.81. The summed E-state index contributed by atoms with van der Waals surface area (Å²) in [5.74, 6) is 0.215. The summed E-state index contributed by atoms with van der Waals surface area (Å²) >= 11 is 5.88. The van der Waals surface area contributed by atoms with Gasteiger partial charge in [-0.3, -0.25) is 4.79 Å². The summed E-state index contributed by atoms with van der Waals surface area (Å²) in [4.78, 5) is 12.7. The van der Waals surface area contributed by atoms with Gasteiger partial charge in [-0.2, -0.15) is 0 Å². The number of ketones is 1. The van der Waals surface area contributed by atoms with E-state index >= 15 is 0 Å². The Morgan fingerprint density at radius 2 is 1.92 bits per heavy atom. The van der Waals surface area contributed by atoms with Crippen LogP contribution in [0, 0.1) is 0 Å². The number of benzene rings is 2. The highest BCUT2D eigenvalue weighted by atomic mass is 35.5.